The lowest BCUT2D eigenvalue weighted by Crippen LogP contribution is -2.16. The molecule has 5 nitrogen and oxygen atoms in total. The number of hydrogen-bond acceptors (Lipinski definition) is 4. The highest BCUT2D eigenvalue weighted by Crippen LogP contribution is 2.27. The van der Waals surface area contributed by atoms with E-state index in [-0.39, 0.29) is 11.6 Å². The van der Waals surface area contributed by atoms with E-state index in [9.17, 15) is 4.79 Å². The van der Waals surface area contributed by atoms with E-state index in [1.807, 2.05) is 4.57 Å². The van der Waals surface area contributed by atoms with E-state index in [0.717, 1.165) is 28.5 Å². The second kappa shape index (κ2) is 4.28. The molecule has 0 fully saturated rings. The van der Waals surface area contributed by atoms with Crippen LogP contribution >= 0.6 is 11.8 Å². The molecule has 0 unspecified atom stereocenters. The molecule has 0 amide bonds. The van der Waals surface area contributed by atoms with Gasteiger partial charge in [0.25, 0.3) is 5.56 Å². The molecule has 18 heavy (non-hydrogen) atoms. The first-order valence-corrected chi connectivity index (χ1v) is 7.04. The lowest BCUT2D eigenvalue weighted by atomic mass is 10.2. The third kappa shape index (κ3) is 1.77. The van der Waals surface area contributed by atoms with E-state index in [1.54, 1.807) is 24.3 Å². The van der Waals surface area contributed by atoms with Gasteiger partial charge in [-0.3, -0.25) is 4.79 Å². The van der Waals surface area contributed by atoms with Gasteiger partial charge in [-0.2, -0.15) is 11.8 Å². The van der Waals surface area contributed by atoms with Crippen molar-refractivity contribution in [1.29, 1.82) is 0 Å². The summed E-state index contributed by atoms with van der Waals surface area (Å²) in [6.45, 7) is 4.15. The van der Waals surface area contributed by atoms with Crippen LogP contribution in [0.4, 0.5) is 0 Å². The number of H-pyrrole nitrogens is 1. The molecule has 94 valence electrons. The van der Waals surface area contributed by atoms with E-state index >= 15 is 0 Å². The summed E-state index contributed by atoms with van der Waals surface area (Å²) >= 11 is 1.73. The van der Waals surface area contributed by atoms with E-state index in [1.165, 1.54) is 0 Å². The summed E-state index contributed by atoms with van der Waals surface area (Å²) in [7, 11) is 0. The molecule has 0 aromatic carbocycles. The summed E-state index contributed by atoms with van der Waals surface area (Å²) in [4.78, 5) is 23.5. The second-order valence-corrected chi connectivity index (χ2v) is 5.60. The van der Waals surface area contributed by atoms with Crippen molar-refractivity contribution in [3.8, 4) is 11.5 Å². The molecule has 0 bridgehead atoms. The summed E-state index contributed by atoms with van der Waals surface area (Å²) in [6.07, 6.45) is 3.51. The Bertz CT molecular complexity index is 644. The Hall–Kier alpha value is -1.56. The van der Waals surface area contributed by atoms with Gasteiger partial charge in [-0.15, -0.1) is 0 Å². The highest BCUT2D eigenvalue weighted by atomic mass is 32.2. The molecule has 0 saturated carbocycles. The van der Waals surface area contributed by atoms with Crippen LogP contribution in [0.1, 0.15) is 31.1 Å². The van der Waals surface area contributed by atoms with Crippen molar-refractivity contribution in [3.63, 3.8) is 0 Å². The van der Waals surface area contributed by atoms with Crippen molar-refractivity contribution in [2.24, 2.45) is 0 Å². The molecular formula is C12H14N4OS. The first-order chi connectivity index (χ1) is 8.66. The largest absolute Gasteiger partial charge is 0.326 e. The Morgan fingerprint density at radius 1 is 1.44 bits per heavy atom. The van der Waals surface area contributed by atoms with Crippen molar-refractivity contribution >= 4 is 11.8 Å². The highest BCUT2D eigenvalue weighted by Gasteiger charge is 2.19. The van der Waals surface area contributed by atoms with Gasteiger partial charge in [-0.05, 0) is 13.8 Å². The predicted octanol–water partition coefficient (Wildman–Crippen LogP) is 1.96. The number of nitrogens with zero attached hydrogens (tertiary/aromatic N) is 3. The first kappa shape index (κ1) is 11.5. The van der Waals surface area contributed by atoms with Gasteiger partial charge in [0.05, 0.1) is 18.2 Å². The molecule has 0 atom stereocenters. The molecule has 2 aromatic heterocycles. The summed E-state index contributed by atoms with van der Waals surface area (Å²) < 4.78 is 2.01. The Labute approximate surface area is 109 Å². The number of rotatable bonds is 2. The lowest BCUT2D eigenvalue weighted by molar-refractivity contribution is 0.603. The molecule has 0 spiro atoms. The fourth-order valence-corrected chi connectivity index (χ4v) is 3.12. The standard InChI is InChI=1S/C12H14N4OS/c1-7(2)16-6-13-3-10(16)11-14-9-5-18-4-8(9)12(17)15-11/h3,6-7H,4-5H2,1-2H3,(H,14,15,17). The van der Waals surface area contributed by atoms with Gasteiger partial charge in [0, 0.05) is 23.1 Å². The molecule has 3 rings (SSSR count). The van der Waals surface area contributed by atoms with Crippen molar-refractivity contribution in [1.82, 2.24) is 19.5 Å². The van der Waals surface area contributed by atoms with Crippen molar-refractivity contribution < 1.29 is 0 Å². The molecular weight excluding hydrogens is 248 g/mol. The van der Waals surface area contributed by atoms with Gasteiger partial charge < -0.3 is 9.55 Å². The van der Waals surface area contributed by atoms with Gasteiger partial charge in [-0.25, -0.2) is 9.97 Å². The number of thioether (sulfide) groups is 1. The van der Waals surface area contributed by atoms with Crippen molar-refractivity contribution in [2.75, 3.05) is 0 Å². The molecule has 1 N–H and O–H groups in total. The number of aromatic amines is 1. The SMILES string of the molecule is CC(C)n1cncc1-c1nc2c(c(=O)[nH]1)CSC2. The van der Waals surface area contributed by atoms with Gasteiger partial charge in [0.1, 0.15) is 5.69 Å². The fraction of sp³-hybridized carbons (Fsp3) is 0.417. The molecule has 0 saturated heterocycles. The van der Waals surface area contributed by atoms with Gasteiger partial charge in [0.15, 0.2) is 5.82 Å². The smallest absolute Gasteiger partial charge is 0.255 e. The van der Waals surface area contributed by atoms with Crippen LogP contribution in [0.2, 0.25) is 0 Å². The van der Waals surface area contributed by atoms with Gasteiger partial charge in [-0.1, -0.05) is 0 Å². The van der Waals surface area contributed by atoms with E-state index in [4.69, 9.17) is 0 Å². The van der Waals surface area contributed by atoms with Crippen LogP contribution in [0.15, 0.2) is 17.3 Å². The molecule has 1 aliphatic rings. The molecule has 1 aliphatic heterocycles. The quantitative estimate of drug-likeness (QED) is 0.898. The molecule has 3 heterocycles. The maximum Gasteiger partial charge on any atom is 0.255 e. The maximum atomic E-state index is 12.0. The average Bonchev–Trinajstić information content (AvgIpc) is 2.97. The van der Waals surface area contributed by atoms with Crippen LogP contribution in [-0.4, -0.2) is 19.5 Å². The number of aromatic nitrogens is 4. The van der Waals surface area contributed by atoms with Crippen LogP contribution in [0.3, 0.4) is 0 Å². The number of fused-ring (bicyclic) bond motifs is 1. The first-order valence-electron chi connectivity index (χ1n) is 5.89. The second-order valence-electron chi connectivity index (χ2n) is 4.61. The Morgan fingerprint density at radius 3 is 3.06 bits per heavy atom. The zero-order chi connectivity index (χ0) is 12.7. The summed E-state index contributed by atoms with van der Waals surface area (Å²) in [5, 5.41) is 0. The van der Waals surface area contributed by atoms with Crippen LogP contribution < -0.4 is 5.56 Å². The normalized spacial score (nSPS) is 14.2. The lowest BCUT2D eigenvalue weighted by Gasteiger charge is -2.11. The number of nitrogens with one attached hydrogen (secondary N) is 1. The third-order valence-electron chi connectivity index (χ3n) is 3.05. The zero-order valence-corrected chi connectivity index (χ0v) is 11.1. The minimum Gasteiger partial charge on any atom is -0.326 e. The van der Waals surface area contributed by atoms with Gasteiger partial charge in [0.2, 0.25) is 0 Å². The fourth-order valence-electron chi connectivity index (χ4n) is 2.08. The van der Waals surface area contributed by atoms with Crippen LogP contribution in [0.25, 0.3) is 11.5 Å². The maximum absolute atomic E-state index is 12.0. The Balaban J connectivity index is 2.15. The van der Waals surface area contributed by atoms with Crippen molar-refractivity contribution in [3.05, 3.63) is 34.1 Å². The summed E-state index contributed by atoms with van der Waals surface area (Å²) in [5.41, 5.74) is 2.58. The molecule has 0 radical (unpaired) electrons. The predicted molar refractivity (Wildman–Crippen MR) is 71.5 cm³/mol. The minimum absolute atomic E-state index is 0.0171. The molecule has 0 aliphatic carbocycles. The third-order valence-corrected chi connectivity index (χ3v) is 4.02. The topological polar surface area (TPSA) is 63.6 Å². The van der Waals surface area contributed by atoms with E-state index < -0.39 is 0 Å². The monoisotopic (exact) mass is 262 g/mol. The van der Waals surface area contributed by atoms with Gasteiger partial charge >= 0.3 is 0 Å². The molecule has 2 aromatic rings. The van der Waals surface area contributed by atoms with E-state index in [2.05, 4.69) is 28.8 Å². The van der Waals surface area contributed by atoms with Crippen molar-refractivity contribution in [2.45, 2.75) is 31.4 Å². The minimum atomic E-state index is -0.0171. The zero-order valence-electron chi connectivity index (χ0n) is 10.3. The Kier molecular flexibility index (Phi) is 2.74. The summed E-state index contributed by atoms with van der Waals surface area (Å²) in [6, 6.07) is 0.287. The van der Waals surface area contributed by atoms with Crippen LogP contribution in [0.5, 0.6) is 0 Å². The van der Waals surface area contributed by atoms with E-state index in [0.29, 0.717) is 5.82 Å². The highest BCUT2D eigenvalue weighted by molar-refractivity contribution is 7.98. The molecule has 6 heteroatoms. The Morgan fingerprint density at radius 2 is 2.28 bits per heavy atom. The number of imidazole rings is 1. The van der Waals surface area contributed by atoms with Crippen LogP contribution in [-0.2, 0) is 11.5 Å². The average molecular weight is 262 g/mol. The summed E-state index contributed by atoms with van der Waals surface area (Å²) in [5.74, 6) is 2.20. The number of hydrogen-bond donors (Lipinski definition) is 1. The van der Waals surface area contributed by atoms with Crippen LogP contribution in [0, 0.1) is 0 Å².